The van der Waals surface area contributed by atoms with Gasteiger partial charge in [-0.2, -0.15) is 0 Å². The summed E-state index contributed by atoms with van der Waals surface area (Å²) in [4.78, 5) is 111. The van der Waals surface area contributed by atoms with Gasteiger partial charge in [-0.1, -0.05) is 218 Å². The van der Waals surface area contributed by atoms with Crippen LogP contribution in [0.25, 0.3) is 32.3 Å². The van der Waals surface area contributed by atoms with Crippen molar-refractivity contribution >= 4 is 79.3 Å². The molecule has 2 saturated heterocycles. The molecule has 16 heteroatoms. The average molecular weight is 1320 g/mol. The first-order valence-electron chi connectivity index (χ1n) is 34.4. The number of fused-ring (bicyclic) bond motifs is 3. The summed E-state index contributed by atoms with van der Waals surface area (Å²) in [6, 6.07) is 65.7. The van der Waals surface area contributed by atoms with Crippen LogP contribution in [0.2, 0.25) is 0 Å². The summed E-state index contributed by atoms with van der Waals surface area (Å²) in [5.74, 6) is -2.69. The van der Waals surface area contributed by atoms with Gasteiger partial charge in [0.1, 0.15) is 24.2 Å². The number of benzene rings is 9. The van der Waals surface area contributed by atoms with E-state index in [4.69, 9.17) is 0 Å². The van der Waals surface area contributed by atoms with Crippen LogP contribution in [0.5, 0.6) is 0 Å². The van der Waals surface area contributed by atoms with Crippen molar-refractivity contribution in [1.29, 1.82) is 0 Å². The Hall–Kier alpha value is -10.2. The topological polar surface area (TPSA) is 224 Å². The fourth-order valence-corrected chi connectivity index (χ4v) is 13.1. The highest BCUT2D eigenvalue weighted by Crippen LogP contribution is 2.24. The Morgan fingerprint density at radius 2 is 0.694 bits per heavy atom. The van der Waals surface area contributed by atoms with Crippen LogP contribution in [-0.4, -0.2) is 121 Å². The molecular formula is C82H90N8O8. The molecule has 0 aromatic heterocycles. The predicted octanol–water partition coefficient (Wildman–Crippen LogP) is 9.71. The molecule has 7 N–H and O–H groups in total. The number of rotatable bonds is 27. The zero-order chi connectivity index (χ0) is 68.8. The fourth-order valence-electron chi connectivity index (χ4n) is 13.1. The number of carbonyl (C=O) groups is 8. The van der Waals surface area contributed by atoms with Crippen molar-refractivity contribution in [2.75, 3.05) is 33.2 Å². The minimum absolute atomic E-state index is 0.0764. The van der Waals surface area contributed by atoms with E-state index < -0.39 is 59.9 Å². The highest BCUT2D eigenvalue weighted by Gasteiger charge is 2.36. The molecule has 11 rings (SSSR count). The lowest BCUT2D eigenvalue weighted by atomic mass is 9.94. The molecule has 0 spiro atoms. The summed E-state index contributed by atoms with van der Waals surface area (Å²) < 4.78 is 0. The van der Waals surface area contributed by atoms with Crippen molar-refractivity contribution in [2.45, 2.75) is 121 Å². The Labute approximate surface area is 574 Å². The first-order chi connectivity index (χ1) is 47.6. The normalized spacial score (nSPS) is 15.2. The molecule has 0 unspecified atom stereocenters. The highest BCUT2D eigenvalue weighted by atomic mass is 16.2. The molecule has 16 nitrogen and oxygen atoms in total. The maximum absolute atomic E-state index is 14.5. The van der Waals surface area contributed by atoms with Crippen molar-refractivity contribution in [2.24, 2.45) is 11.8 Å². The zero-order valence-electron chi connectivity index (χ0n) is 56.2. The molecule has 98 heavy (non-hydrogen) atoms. The number of Topliss-reactive ketones (excluding diaryl/α,β-unsaturated/α-hetero) is 2. The van der Waals surface area contributed by atoms with Crippen LogP contribution in [0.3, 0.4) is 0 Å². The Bertz CT molecular complexity index is 4200. The molecule has 2 heterocycles. The molecule has 2 aliphatic rings. The van der Waals surface area contributed by atoms with Crippen LogP contribution in [0, 0.1) is 11.8 Å². The molecule has 2 aliphatic heterocycles. The number of likely N-dealkylation sites (N-methyl/N-ethyl adjacent to an activating group) is 1. The maximum atomic E-state index is 14.5. The van der Waals surface area contributed by atoms with E-state index in [1.54, 1.807) is 11.9 Å². The lowest BCUT2D eigenvalue weighted by Gasteiger charge is -2.33. The number of nitrogens with zero attached hydrogens (tertiary/aromatic N) is 1. The molecule has 0 bridgehead atoms. The molecule has 9 aromatic rings. The summed E-state index contributed by atoms with van der Waals surface area (Å²) in [6.07, 6.45) is 5.09. The summed E-state index contributed by atoms with van der Waals surface area (Å²) in [7, 11) is 1.69. The van der Waals surface area contributed by atoms with E-state index in [0.717, 1.165) is 91.9 Å². The summed E-state index contributed by atoms with van der Waals surface area (Å²) in [5.41, 5.74) is 5.55. The van der Waals surface area contributed by atoms with E-state index in [0.29, 0.717) is 51.4 Å². The van der Waals surface area contributed by atoms with Gasteiger partial charge < -0.3 is 42.1 Å². The summed E-state index contributed by atoms with van der Waals surface area (Å²) in [5, 5.41) is 27.9. The first-order valence-corrected chi connectivity index (χ1v) is 34.4. The lowest BCUT2D eigenvalue weighted by Crippen LogP contribution is -2.57. The third-order valence-corrected chi connectivity index (χ3v) is 18.9. The SMILES string of the molecule is CC(=O)[C@H](Cc1ccccc1)NC(=O)[C@@H](CCc1ccccc1)NC(=O)[C@@H](Cc1ccc2ccccc2c1)NC(=O)C1CCNCC1.CC(=O)[C@H](Cc1ccccc1)NC(=O)[C@@H](Cc1ccc2ccccc2c1)NC(=O)[C@@H](Cc1ccc2ccccc2c1)N(C)C(=O)C1CCNCC1. The summed E-state index contributed by atoms with van der Waals surface area (Å²) >= 11 is 0. The Morgan fingerprint density at radius 1 is 0.357 bits per heavy atom. The minimum atomic E-state index is -1.00. The number of aryl methyl sites for hydroxylation is 1. The van der Waals surface area contributed by atoms with Crippen LogP contribution in [0.15, 0.2) is 218 Å². The van der Waals surface area contributed by atoms with E-state index in [1.165, 1.54) is 13.8 Å². The highest BCUT2D eigenvalue weighted by molar-refractivity contribution is 5.97. The quantitative estimate of drug-likeness (QED) is 0.0258. The second-order valence-corrected chi connectivity index (χ2v) is 26.1. The van der Waals surface area contributed by atoms with Crippen LogP contribution < -0.4 is 37.2 Å². The number of carbonyl (C=O) groups excluding carboxylic acids is 8. The van der Waals surface area contributed by atoms with E-state index in [-0.39, 0.29) is 54.5 Å². The molecule has 6 amide bonds. The Kier molecular flexibility index (Phi) is 25.4. The third-order valence-electron chi connectivity index (χ3n) is 18.9. The number of piperidine rings is 2. The molecule has 0 aliphatic carbocycles. The minimum Gasteiger partial charge on any atom is -0.344 e. The van der Waals surface area contributed by atoms with E-state index in [9.17, 15) is 38.4 Å². The molecule has 2 fully saturated rings. The van der Waals surface area contributed by atoms with Gasteiger partial charge in [0.15, 0.2) is 11.6 Å². The van der Waals surface area contributed by atoms with E-state index in [1.807, 2.05) is 212 Å². The van der Waals surface area contributed by atoms with Gasteiger partial charge in [0.2, 0.25) is 35.4 Å². The van der Waals surface area contributed by atoms with Gasteiger partial charge in [0.25, 0.3) is 0 Å². The van der Waals surface area contributed by atoms with Crippen LogP contribution >= 0.6 is 0 Å². The van der Waals surface area contributed by atoms with E-state index >= 15 is 0 Å². The monoisotopic (exact) mass is 1310 g/mol. The number of amides is 6. The van der Waals surface area contributed by atoms with Gasteiger partial charge in [-0.25, -0.2) is 0 Å². The van der Waals surface area contributed by atoms with Gasteiger partial charge in [-0.05, 0) is 157 Å². The largest absolute Gasteiger partial charge is 0.344 e. The molecular weight excluding hydrogens is 1220 g/mol. The van der Waals surface area contributed by atoms with Crippen LogP contribution in [0.1, 0.15) is 79.3 Å². The van der Waals surface area contributed by atoms with Crippen molar-refractivity contribution in [3.8, 4) is 0 Å². The lowest BCUT2D eigenvalue weighted by molar-refractivity contribution is -0.143. The van der Waals surface area contributed by atoms with Gasteiger partial charge in [-0.3, -0.25) is 38.4 Å². The van der Waals surface area contributed by atoms with Gasteiger partial charge in [0.05, 0.1) is 12.1 Å². The first kappa shape index (κ1) is 70.6. The number of hydrogen-bond donors (Lipinski definition) is 7. The molecule has 506 valence electrons. The predicted molar refractivity (Wildman–Crippen MR) is 387 cm³/mol. The fraction of sp³-hybridized carbons (Fsp3) is 0.317. The maximum Gasteiger partial charge on any atom is 0.243 e. The second kappa shape index (κ2) is 35.2. The van der Waals surface area contributed by atoms with Gasteiger partial charge in [0, 0.05) is 38.1 Å². The second-order valence-electron chi connectivity index (χ2n) is 26.1. The molecule has 0 saturated carbocycles. The standard InChI is InChI=1S/C43H46N4O4.C39H44N4O4/c1-29(48)38(26-30-10-4-3-5-11-30)45-41(49)39(27-31-16-18-33-12-6-8-14-36(33)24-31)46-42(50)40(47(2)43(51)35-20-22-44-23-21-35)28-32-17-19-34-13-7-9-15-37(34)25-32;1-27(44)35(25-29-12-6-3-7-13-29)42-38(46)34(19-17-28-10-4-2-5-11-28)41-39(47)36(43-37(45)32-20-22-40-23-21-32)26-30-16-18-31-14-8-9-15-33(31)24-30/h3-19,24-25,35,38-40,44H,20-23,26-28H2,1-2H3,(H,45,49)(H,46,50);2-16,18,24,32,34-36,40H,17,19-23,25-26H2,1H3,(H,41,47)(H,42,46)(H,43,45)/t38-,39+,40+;34-,35+,36-/m01/s1. The van der Waals surface area contributed by atoms with Crippen molar-refractivity contribution < 1.29 is 38.4 Å². The Balaban J connectivity index is 0.000000213. The summed E-state index contributed by atoms with van der Waals surface area (Å²) in [6.45, 7) is 5.93. The van der Waals surface area contributed by atoms with Gasteiger partial charge in [-0.15, -0.1) is 0 Å². The molecule has 9 aromatic carbocycles. The van der Waals surface area contributed by atoms with Crippen molar-refractivity contribution in [1.82, 2.24) is 42.1 Å². The number of ketones is 2. The number of hydrogen-bond acceptors (Lipinski definition) is 10. The van der Waals surface area contributed by atoms with E-state index in [2.05, 4.69) is 43.3 Å². The Morgan fingerprint density at radius 3 is 1.12 bits per heavy atom. The van der Waals surface area contributed by atoms with Crippen LogP contribution in [-0.2, 0) is 76.9 Å². The van der Waals surface area contributed by atoms with Crippen molar-refractivity contribution in [3.05, 3.63) is 252 Å². The van der Waals surface area contributed by atoms with Crippen LogP contribution in [0.4, 0.5) is 0 Å². The third kappa shape index (κ3) is 20.2. The zero-order valence-corrected chi connectivity index (χ0v) is 56.2. The molecule has 0 radical (unpaired) electrons. The van der Waals surface area contributed by atoms with Gasteiger partial charge >= 0.3 is 0 Å². The smallest absolute Gasteiger partial charge is 0.243 e. The van der Waals surface area contributed by atoms with Crippen molar-refractivity contribution in [3.63, 3.8) is 0 Å². The molecule has 6 atom stereocenters. The average Bonchev–Trinajstić information content (AvgIpc) is 0.878. The number of nitrogens with one attached hydrogen (secondary N) is 7.